The molecule has 0 saturated carbocycles. The molecule has 0 spiro atoms. The lowest BCUT2D eigenvalue weighted by Crippen LogP contribution is -2.28. The van der Waals surface area contributed by atoms with Crippen LogP contribution in [0.2, 0.25) is 0 Å². The Morgan fingerprint density at radius 1 is 0.907 bits per heavy atom. The molecule has 3 nitrogen and oxygen atoms in total. The van der Waals surface area contributed by atoms with E-state index in [1.807, 2.05) is 31.2 Å². The Hall–Kier alpha value is -5.28. The van der Waals surface area contributed by atoms with Crippen LogP contribution in [-0.2, 0) is 0 Å². The molecule has 0 radical (unpaired) electrons. The van der Waals surface area contributed by atoms with Crippen LogP contribution in [-0.4, -0.2) is 6.04 Å². The van der Waals surface area contributed by atoms with Crippen LogP contribution in [0.25, 0.3) is 27.6 Å². The number of benzene rings is 4. The normalized spacial score (nSPS) is 15.8. The number of hydrogen-bond donors (Lipinski definition) is 3. The summed E-state index contributed by atoms with van der Waals surface area (Å²) in [6, 6.07) is 31.8. The highest BCUT2D eigenvalue weighted by atomic mass is 14.9. The molecule has 4 N–H and O–H groups in total. The second-order valence-electron chi connectivity index (χ2n) is 10.8. The first kappa shape index (κ1) is 29.2. The second-order valence-corrected chi connectivity index (χ2v) is 10.8. The summed E-state index contributed by atoms with van der Waals surface area (Å²) in [5.41, 5.74) is 16.6. The van der Waals surface area contributed by atoms with Gasteiger partial charge in [-0.15, -0.1) is 0 Å². The minimum atomic E-state index is 0.108. The minimum Gasteiger partial charge on any atom is -0.404 e. The molecule has 0 bridgehead atoms. The predicted octanol–water partition coefficient (Wildman–Crippen LogP) is 9.93. The van der Waals surface area contributed by atoms with Crippen molar-refractivity contribution in [2.75, 3.05) is 5.32 Å². The maximum Gasteiger partial charge on any atom is 0.0661 e. The summed E-state index contributed by atoms with van der Waals surface area (Å²) in [6.45, 7) is 10.7. The van der Waals surface area contributed by atoms with Crippen molar-refractivity contribution in [1.29, 1.82) is 0 Å². The van der Waals surface area contributed by atoms with E-state index >= 15 is 0 Å². The number of fused-ring (bicyclic) bond motifs is 1. The first-order valence-corrected chi connectivity index (χ1v) is 14.7. The molecule has 1 atom stereocenters. The highest BCUT2D eigenvalue weighted by molar-refractivity contribution is 6.03. The lowest BCUT2D eigenvalue weighted by atomic mass is 9.95. The van der Waals surface area contributed by atoms with Crippen molar-refractivity contribution in [3.63, 3.8) is 0 Å². The molecular weight excluding hydrogens is 522 g/mol. The summed E-state index contributed by atoms with van der Waals surface area (Å²) in [4.78, 5) is 0. The SMILES string of the molecule is C=C(/C=C\C(=C/C)c1ccccc1)c1ccc2cc(C3=CC=CC(/C(C)=C/C(C)=C\N)N3)ccc2c1Nc1ccccc1. The van der Waals surface area contributed by atoms with Gasteiger partial charge in [0.15, 0.2) is 0 Å². The molecule has 0 aliphatic carbocycles. The van der Waals surface area contributed by atoms with E-state index in [1.165, 1.54) is 11.1 Å². The van der Waals surface area contributed by atoms with Gasteiger partial charge in [0.2, 0.25) is 0 Å². The second kappa shape index (κ2) is 13.6. The average Bonchev–Trinajstić information content (AvgIpc) is 3.05. The van der Waals surface area contributed by atoms with Crippen LogP contribution in [0.1, 0.15) is 37.5 Å². The van der Waals surface area contributed by atoms with Crippen molar-refractivity contribution in [2.24, 2.45) is 5.73 Å². The predicted molar refractivity (Wildman–Crippen MR) is 188 cm³/mol. The van der Waals surface area contributed by atoms with Crippen LogP contribution in [0.4, 0.5) is 11.4 Å². The molecular formula is C40H39N3. The molecule has 0 aromatic heterocycles. The van der Waals surface area contributed by atoms with E-state index in [4.69, 9.17) is 5.73 Å². The highest BCUT2D eigenvalue weighted by Gasteiger charge is 2.15. The summed E-state index contributed by atoms with van der Waals surface area (Å²) < 4.78 is 0. The molecule has 5 rings (SSSR count). The fourth-order valence-electron chi connectivity index (χ4n) is 5.30. The first-order chi connectivity index (χ1) is 21.0. The molecule has 1 unspecified atom stereocenters. The minimum absolute atomic E-state index is 0.108. The topological polar surface area (TPSA) is 50.1 Å². The van der Waals surface area contributed by atoms with Gasteiger partial charge in [-0.25, -0.2) is 0 Å². The van der Waals surface area contributed by atoms with Gasteiger partial charge in [0.25, 0.3) is 0 Å². The molecule has 214 valence electrons. The van der Waals surface area contributed by atoms with E-state index < -0.39 is 0 Å². The Morgan fingerprint density at radius 2 is 1.65 bits per heavy atom. The third-order valence-corrected chi connectivity index (χ3v) is 7.69. The van der Waals surface area contributed by atoms with E-state index in [0.29, 0.717) is 0 Å². The maximum atomic E-state index is 5.70. The van der Waals surface area contributed by atoms with Crippen molar-refractivity contribution < 1.29 is 0 Å². The number of rotatable bonds is 9. The van der Waals surface area contributed by atoms with Gasteiger partial charge in [-0.1, -0.05) is 116 Å². The third-order valence-electron chi connectivity index (χ3n) is 7.69. The van der Waals surface area contributed by atoms with Crippen LogP contribution in [0.5, 0.6) is 0 Å². The fraction of sp³-hybridized carbons (Fsp3) is 0.100. The largest absolute Gasteiger partial charge is 0.404 e. The number of anilines is 2. The van der Waals surface area contributed by atoms with Crippen molar-refractivity contribution in [3.05, 3.63) is 174 Å². The molecule has 4 aromatic carbocycles. The number of nitrogens with one attached hydrogen (secondary N) is 2. The number of para-hydroxylation sites is 1. The lowest BCUT2D eigenvalue weighted by molar-refractivity contribution is 0.801. The van der Waals surface area contributed by atoms with Crippen LogP contribution in [0.3, 0.4) is 0 Å². The van der Waals surface area contributed by atoms with Crippen LogP contribution >= 0.6 is 0 Å². The molecule has 1 heterocycles. The Kier molecular flexibility index (Phi) is 9.23. The van der Waals surface area contributed by atoms with Crippen molar-refractivity contribution >= 4 is 39.0 Å². The van der Waals surface area contributed by atoms with E-state index in [2.05, 4.69) is 140 Å². The lowest BCUT2D eigenvalue weighted by Gasteiger charge is -2.23. The standard InChI is InChI=1S/C40H39N3/c1-5-31(32-13-8-6-9-14-32)20-19-29(3)36-23-21-33-26-34(22-24-37(33)40(36)42-35-15-10-7-11-16-35)39-18-12-17-38(43-39)30(4)25-28(2)27-41/h5-27,38,42-43H,3,41H2,1-2,4H3/b20-19-,28-27-,30-25+,31-5+. The van der Waals surface area contributed by atoms with Crippen molar-refractivity contribution in [3.8, 4) is 0 Å². The van der Waals surface area contributed by atoms with Gasteiger partial charge in [0, 0.05) is 22.3 Å². The molecule has 4 aromatic rings. The summed E-state index contributed by atoms with van der Waals surface area (Å²) in [5.74, 6) is 0. The Balaban J connectivity index is 1.50. The highest BCUT2D eigenvalue weighted by Crippen LogP contribution is 2.36. The third kappa shape index (κ3) is 6.97. The van der Waals surface area contributed by atoms with E-state index in [0.717, 1.165) is 55.7 Å². The van der Waals surface area contributed by atoms with Crippen molar-refractivity contribution in [2.45, 2.75) is 26.8 Å². The van der Waals surface area contributed by atoms with Crippen LogP contribution in [0.15, 0.2) is 157 Å². The maximum absolute atomic E-state index is 5.70. The Bertz CT molecular complexity index is 1800. The Morgan fingerprint density at radius 3 is 2.37 bits per heavy atom. The van der Waals surface area contributed by atoms with Gasteiger partial charge in [-0.05, 0) is 90.1 Å². The summed E-state index contributed by atoms with van der Waals surface area (Å²) in [5, 5.41) is 9.68. The molecule has 3 heteroatoms. The smallest absolute Gasteiger partial charge is 0.0661 e. The quantitative estimate of drug-likeness (QED) is 0.178. The van der Waals surface area contributed by atoms with Gasteiger partial charge in [0.05, 0.1) is 11.7 Å². The summed E-state index contributed by atoms with van der Waals surface area (Å²) >= 11 is 0. The number of nitrogens with two attached hydrogens (primary N) is 1. The van der Waals surface area contributed by atoms with E-state index in [1.54, 1.807) is 6.20 Å². The number of dihydropyridines is 1. The average molecular weight is 562 g/mol. The molecule has 1 aliphatic rings. The zero-order valence-corrected chi connectivity index (χ0v) is 25.1. The fourth-order valence-corrected chi connectivity index (χ4v) is 5.30. The van der Waals surface area contributed by atoms with Gasteiger partial charge < -0.3 is 16.4 Å². The zero-order valence-electron chi connectivity index (χ0n) is 25.1. The van der Waals surface area contributed by atoms with Gasteiger partial charge in [0.1, 0.15) is 0 Å². The van der Waals surface area contributed by atoms with Crippen LogP contribution in [0, 0.1) is 0 Å². The van der Waals surface area contributed by atoms with E-state index in [-0.39, 0.29) is 6.04 Å². The summed E-state index contributed by atoms with van der Waals surface area (Å²) in [7, 11) is 0. The zero-order chi connectivity index (χ0) is 30.2. The molecule has 0 amide bonds. The number of allylic oxidation sites excluding steroid dienone is 9. The van der Waals surface area contributed by atoms with Crippen molar-refractivity contribution in [1.82, 2.24) is 5.32 Å². The molecule has 1 aliphatic heterocycles. The Labute approximate surface area is 255 Å². The van der Waals surface area contributed by atoms with Gasteiger partial charge >= 0.3 is 0 Å². The van der Waals surface area contributed by atoms with Crippen LogP contribution < -0.4 is 16.4 Å². The van der Waals surface area contributed by atoms with Gasteiger partial charge in [-0.2, -0.15) is 0 Å². The monoisotopic (exact) mass is 561 g/mol. The molecule has 0 fully saturated rings. The molecule has 0 saturated heterocycles. The van der Waals surface area contributed by atoms with E-state index in [9.17, 15) is 0 Å². The first-order valence-electron chi connectivity index (χ1n) is 14.7. The summed E-state index contributed by atoms with van der Waals surface area (Å²) in [6.07, 6.45) is 16.6. The molecule has 43 heavy (non-hydrogen) atoms. The van der Waals surface area contributed by atoms with Gasteiger partial charge in [-0.3, -0.25) is 0 Å². The number of hydrogen-bond acceptors (Lipinski definition) is 3.